The van der Waals surface area contributed by atoms with E-state index in [0.717, 1.165) is 42.4 Å². The van der Waals surface area contributed by atoms with Crippen LogP contribution in [0, 0.1) is 20.8 Å². The number of aryl methyl sites for hydroxylation is 3. The Morgan fingerprint density at radius 1 is 0.794 bits per heavy atom. The number of Topliss-reactive ketones (excluding diaryl/α,β-unsaturated/α-hetero) is 1. The molecule has 0 saturated heterocycles. The van der Waals surface area contributed by atoms with E-state index in [4.69, 9.17) is 10.2 Å². The van der Waals surface area contributed by atoms with Gasteiger partial charge in [0.2, 0.25) is 0 Å². The molecule has 34 heavy (non-hydrogen) atoms. The molecule has 0 spiro atoms. The zero-order chi connectivity index (χ0) is 26.3. The lowest BCUT2D eigenvalue weighted by Crippen LogP contribution is -2.16. The van der Waals surface area contributed by atoms with Gasteiger partial charge >= 0.3 is 11.9 Å². The van der Waals surface area contributed by atoms with Gasteiger partial charge in [-0.1, -0.05) is 62.6 Å². The number of carboxylic acids is 2. The first-order chi connectivity index (χ1) is 15.9. The van der Waals surface area contributed by atoms with Crippen molar-refractivity contribution in [3.63, 3.8) is 0 Å². The zero-order valence-electron chi connectivity index (χ0n) is 20.7. The molecule has 0 aliphatic rings. The van der Waals surface area contributed by atoms with Crippen molar-refractivity contribution < 1.29 is 34.8 Å². The molecular formula is C27H38O7. The van der Waals surface area contributed by atoms with Crippen molar-refractivity contribution in [2.24, 2.45) is 0 Å². The molecular weight excluding hydrogens is 436 g/mol. The van der Waals surface area contributed by atoms with Gasteiger partial charge in [0.1, 0.15) is 0 Å². The van der Waals surface area contributed by atoms with Crippen molar-refractivity contribution in [2.75, 3.05) is 0 Å². The van der Waals surface area contributed by atoms with Crippen LogP contribution in [0.4, 0.5) is 0 Å². The van der Waals surface area contributed by atoms with Gasteiger partial charge in [0.05, 0.1) is 17.8 Å². The van der Waals surface area contributed by atoms with Gasteiger partial charge in [-0.2, -0.15) is 0 Å². The predicted octanol–water partition coefficient (Wildman–Crippen LogP) is 4.96. The number of carbonyl (C=O) groups is 3. The van der Waals surface area contributed by atoms with Crippen LogP contribution >= 0.6 is 0 Å². The molecule has 0 radical (unpaired) electrons. The first kappa shape index (κ1) is 31.0. The van der Waals surface area contributed by atoms with Crippen LogP contribution in [-0.4, -0.2) is 50.4 Å². The first-order valence-electron chi connectivity index (χ1n) is 11.4. The first-order valence-corrected chi connectivity index (χ1v) is 11.4. The molecule has 188 valence electrons. The molecule has 0 saturated carbocycles. The maximum Gasteiger partial charge on any atom is 0.377 e. The lowest BCUT2D eigenvalue weighted by atomic mass is 9.97. The van der Waals surface area contributed by atoms with E-state index in [2.05, 4.69) is 0 Å². The van der Waals surface area contributed by atoms with Crippen LogP contribution < -0.4 is 0 Å². The minimum absolute atomic E-state index is 0.304. The summed E-state index contributed by atoms with van der Waals surface area (Å²) in [4.78, 5) is 32.0. The molecule has 0 aliphatic carbocycles. The second kappa shape index (κ2) is 16.6. The number of aliphatic carboxylic acids is 1. The van der Waals surface area contributed by atoms with E-state index < -0.39 is 17.7 Å². The van der Waals surface area contributed by atoms with Crippen molar-refractivity contribution in [1.82, 2.24) is 0 Å². The standard InChI is InChI=1S/C11H12O3.C9H20O2.C7H6O2/c1-6-4-7(2)9(8(3)5-6)10(12)11(13)14;1-3-5-8(10)7-9(11)6-4-2;8-7(9)6-4-2-1-3-5-6/h4-5H,1-3H3,(H,13,14);8-11H,3-7H2,1-2H3;1-5H,(H,8,9). The Balaban J connectivity index is 0.000000493. The van der Waals surface area contributed by atoms with E-state index in [1.54, 1.807) is 44.2 Å². The van der Waals surface area contributed by atoms with Gasteiger partial charge < -0.3 is 20.4 Å². The monoisotopic (exact) mass is 474 g/mol. The molecule has 7 nitrogen and oxygen atoms in total. The van der Waals surface area contributed by atoms with Gasteiger partial charge in [0.25, 0.3) is 5.78 Å². The number of benzene rings is 2. The fourth-order valence-electron chi connectivity index (χ4n) is 3.44. The molecule has 2 atom stereocenters. The fraction of sp³-hybridized carbons (Fsp3) is 0.444. The Morgan fingerprint density at radius 2 is 1.24 bits per heavy atom. The molecule has 0 aliphatic heterocycles. The number of aliphatic hydroxyl groups excluding tert-OH is 2. The maximum atomic E-state index is 11.3. The molecule has 0 fully saturated rings. The summed E-state index contributed by atoms with van der Waals surface area (Å²) in [6, 6.07) is 11.9. The van der Waals surface area contributed by atoms with Gasteiger partial charge in [-0.25, -0.2) is 9.59 Å². The summed E-state index contributed by atoms with van der Waals surface area (Å²) in [5, 5.41) is 35.6. The molecule has 0 heterocycles. The molecule has 4 N–H and O–H groups in total. The van der Waals surface area contributed by atoms with Crippen LogP contribution in [0.1, 0.15) is 83.4 Å². The number of aromatic carboxylic acids is 1. The number of carbonyl (C=O) groups excluding carboxylic acids is 1. The van der Waals surface area contributed by atoms with Crippen molar-refractivity contribution in [1.29, 1.82) is 0 Å². The highest BCUT2D eigenvalue weighted by atomic mass is 16.4. The van der Waals surface area contributed by atoms with Gasteiger partial charge in [-0.05, 0) is 63.3 Å². The van der Waals surface area contributed by atoms with Crippen LogP contribution in [0.5, 0.6) is 0 Å². The quantitative estimate of drug-likeness (QED) is 0.298. The molecule has 0 aromatic heterocycles. The van der Waals surface area contributed by atoms with E-state index in [-0.39, 0.29) is 12.2 Å². The average Bonchev–Trinajstić information content (AvgIpc) is 2.74. The second-order valence-corrected chi connectivity index (χ2v) is 8.20. The normalized spacial score (nSPS) is 11.7. The van der Waals surface area contributed by atoms with Crippen molar-refractivity contribution in [2.45, 2.75) is 78.9 Å². The predicted molar refractivity (Wildman–Crippen MR) is 132 cm³/mol. The number of aliphatic hydroxyl groups is 2. The van der Waals surface area contributed by atoms with Gasteiger partial charge in [0, 0.05) is 5.56 Å². The maximum absolute atomic E-state index is 11.3. The summed E-state index contributed by atoms with van der Waals surface area (Å²) in [7, 11) is 0. The van der Waals surface area contributed by atoms with E-state index in [1.807, 2.05) is 32.9 Å². The highest BCUT2D eigenvalue weighted by molar-refractivity contribution is 6.40. The number of hydrogen-bond donors (Lipinski definition) is 4. The van der Waals surface area contributed by atoms with Crippen LogP contribution in [0.25, 0.3) is 0 Å². The summed E-state index contributed by atoms with van der Waals surface area (Å²) >= 11 is 0. The minimum atomic E-state index is -1.40. The highest BCUT2D eigenvalue weighted by Crippen LogP contribution is 2.16. The van der Waals surface area contributed by atoms with E-state index in [9.17, 15) is 24.6 Å². The lowest BCUT2D eigenvalue weighted by Gasteiger charge is -2.13. The molecule has 0 bridgehead atoms. The summed E-state index contributed by atoms with van der Waals surface area (Å²) in [5.74, 6) is -3.12. The molecule has 2 aromatic carbocycles. The molecule has 7 heteroatoms. The summed E-state index contributed by atoms with van der Waals surface area (Å²) in [5.41, 5.74) is 3.10. The van der Waals surface area contributed by atoms with Crippen LogP contribution in [0.3, 0.4) is 0 Å². The Kier molecular flexibility index (Phi) is 15.1. The smallest absolute Gasteiger partial charge is 0.377 e. The van der Waals surface area contributed by atoms with Crippen LogP contribution in [0.15, 0.2) is 42.5 Å². The Labute approximate surface area is 202 Å². The lowest BCUT2D eigenvalue weighted by molar-refractivity contribution is -0.131. The summed E-state index contributed by atoms with van der Waals surface area (Å²) < 4.78 is 0. The third-order valence-electron chi connectivity index (χ3n) is 4.91. The minimum Gasteiger partial charge on any atom is -0.478 e. The summed E-state index contributed by atoms with van der Waals surface area (Å²) in [6.45, 7) is 9.48. The van der Waals surface area contributed by atoms with Crippen molar-refractivity contribution in [3.05, 3.63) is 70.3 Å². The van der Waals surface area contributed by atoms with Crippen LogP contribution in [-0.2, 0) is 4.79 Å². The summed E-state index contributed by atoms with van der Waals surface area (Å²) in [6.07, 6.45) is 3.52. The largest absolute Gasteiger partial charge is 0.478 e. The van der Waals surface area contributed by atoms with Crippen molar-refractivity contribution >= 4 is 17.7 Å². The number of ketones is 1. The second-order valence-electron chi connectivity index (χ2n) is 8.20. The van der Waals surface area contributed by atoms with Crippen LogP contribution in [0.2, 0.25) is 0 Å². The van der Waals surface area contributed by atoms with E-state index in [1.165, 1.54) is 0 Å². The molecule has 2 rings (SSSR count). The topological polar surface area (TPSA) is 132 Å². The van der Waals surface area contributed by atoms with Crippen molar-refractivity contribution in [3.8, 4) is 0 Å². The SMILES string of the molecule is CCCC(O)CC(O)CCC.Cc1cc(C)c(C(=O)C(=O)O)c(C)c1.O=C(O)c1ccccc1. The zero-order valence-corrected chi connectivity index (χ0v) is 20.7. The number of hydrogen-bond acceptors (Lipinski definition) is 5. The highest BCUT2D eigenvalue weighted by Gasteiger charge is 2.19. The molecule has 0 amide bonds. The fourth-order valence-corrected chi connectivity index (χ4v) is 3.44. The molecule has 2 aromatic rings. The molecule has 2 unspecified atom stereocenters. The Bertz CT molecular complexity index is 873. The van der Waals surface area contributed by atoms with Gasteiger partial charge in [0.15, 0.2) is 0 Å². The third kappa shape index (κ3) is 12.3. The average molecular weight is 475 g/mol. The van der Waals surface area contributed by atoms with Gasteiger partial charge in [-0.15, -0.1) is 0 Å². The van der Waals surface area contributed by atoms with Gasteiger partial charge in [-0.3, -0.25) is 4.79 Å². The number of carboxylic acid groups (broad SMARTS) is 2. The van der Waals surface area contributed by atoms with E-state index in [0.29, 0.717) is 17.5 Å². The third-order valence-corrected chi connectivity index (χ3v) is 4.91. The number of rotatable bonds is 9. The Hall–Kier alpha value is -3.03. The van der Waals surface area contributed by atoms with E-state index >= 15 is 0 Å². The Morgan fingerprint density at radius 3 is 1.56 bits per heavy atom.